The molecule has 1 aliphatic carbocycles. The molecule has 2 fully saturated rings. The fourth-order valence-electron chi connectivity index (χ4n) is 3.66. The second-order valence-corrected chi connectivity index (χ2v) is 5.93. The van der Waals surface area contributed by atoms with Gasteiger partial charge in [-0.15, -0.1) is 10.2 Å². The van der Waals surface area contributed by atoms with E-state index in [1.54, 1.807) is 0 Å². The van der Waals surface area contributed by atoms with E-state index < -0.39 is 0 Å². The van der Waals surface area contributed by atoms with E-state index in [0.29, 0.717) is 5.92 Å². The molecule has 4 heteroatoms. The number of likely N-dealkylation sites (tertiary alicyclic amines) is 1. The normalized spacial score (nSPS) is 27.5. The minimum Gasteiger partial charge on any atom is -0.320 e. The molecule has 0 amide bonds. The second kappa shape index (κ2) is 5.39. The summed E-state index contributed by atoms with van der Waals surface area (Å²) in [5, 5.41) is 8.33. The summed E-state index contributed by atoms with van der Waals surface area (Å²) in [6.45, 7) is 2.48. The molecule has 1 atom stereocenters. The Morgan fingerprint density at radius 3 is 2.67 bits per heavy atom. The molecule has 18 heavy (non-hydrogen) atoms. The first-order chi connectivity index (χ1) is 8.84. The number of nitrogens with zero attached hydrogens (tertiary/aromatic N) is 4. The van der Waals surface area contributed by atoms with Crippen molar-refractivity contribution in [3.63, 3.8) is 0 Å². The Hall–Kier alpha value is -0.900. The van der Waals surface area contributed by atoms with Crippen LogP contribution in [-0.2, 0) is 7.05 Å². The second-order valence-electron chi connectivity index (χ2n) is 5.93. The maximum atomic E-state index is 4.31. The van der Waals surface area contributed by atoms with E-state index in [2.05, 4.69) is 26.7 Å². The predicted octanol–water partition coefficient (Wildman–Crippen LogP) is 2.33. The first-order valence-corrected chi connectivity index (χ1v) is 7.42. The number of aryl methyl sites for hydroxylation is 1. The number of aromatic nitrogens is 3. The maximum Gasteiger partial charge on any atom is 0.136 e. The van der Waals surface area contributed by atoms with E-state index in [9.17, 15) is 0 Å². The largest absolute Gasteiger partial charge is 0.320 e. The molecule has 1 saturated carbocycles. The Morgan fingerprint density at radius 2 is 1.94 bits per heavy atom. The lowest BCUT2D eigenvalue weighted by Gasteiger charge is -2.39. The van der Waals surface area contributed by atoms with Crippen LogP contribution in [0.15, 0.2) is 6.33 Å². The van der Waals surface area contributed by atoms with E-state index in [-0.39, 0.29) is 0 Å². The zero-order valence-electron chi connectivity index (χ0n) is 11.4. The fourth-order valence-corrected chi connectivity index (χ4v) is 3.66. The third-order valence-electron chi connectivity index (χ3n) is 4.66. The van der Waals surface area contributed by atoms with Crippen LogP contribution in [0.2, 0.25) is 0 Å². The van der Waals surface area contributed by atoms with E-state index in [0.717, 1.165) is 6.04 Å². The SMILES string of the molecule is Cn1cnnc1[C@H]1CCCN(C2CCCCC2)C1. The van der Waals surface area contributed by atoms with Gasteiger partial charge in [-0.1, -0.05) is 19.3 Å². The van der Waals surface area contributed by atoms with Crippen LogP contribution in [0, 0.1) is 0 Å². The van der Waals surface area contributed by atoms with Gasteiger partial charge in [0.2, 0.25) is 0 Å². The Bertz CT molecular complexity index is 381. The number of hydrogen-bond donors (Lipinski definition) is 0. The summed E-state index contributed by atoms with van der Waals surface area (Å²) < 4.78 is 2.09. The lowest BCUT2D eigenvalue weighted by atomic mass is 9.90. The van der Waals surface area contributed by atoms with Crippen molar-refractivity contribution < 1.29 is 0 Å². The topological polar surface area (TPSA) is 34.0 Å². The molecule has 1 aliphatic heterocycles. The van der Waals surface area contributed by atoms with E-state index in [4.69, 9.17) is 0 Å². The van der Waals surface area contributed by atoms with Crippen molar-refractivity contribution in [2.75, 3.05) is 13.1 Å². The van der Waals surface area contributed by atoms with Gasteiger partial charge in [0.15, 0.2) is 0 Å². The third kappa shape index (κ3) is 2.44. The summed E-state index contributed by atoms with van der Waals surface area (Å²) in [7, 11) is 2.06. The first-order valence-electron chi connectivity index (χ1n) is 7.42. The molecular formula is C14H24N4. The Labute approximate surface area is 109 Å². The van der Waals surface area contributed by atoms with Crippen LogP contribution < -0.4 is 0 Å². The van der Waals surface area contributed by atoms with Crippen molar-refractivity contribution in [3.8, 4) is 0 Å². The summed E-state index contributed by atoms with van der Waals surface area (Å²) in [5.74, 6) is 1.77. The fraction of sp³-hybridized carbons (Fsp3) is 0.857. The van der Waals surface area contributed by atoms with Crippen molar-refractivity contribution in [1.29, 1.82) is 0 Å². The van der Waals surface area contributed by atoms with Gasteiger partial charge in [-0.3, -0.25) is 4.90 Å². The van der Waals surface area contributed by atoms with Gasteiger partial charge in [-0.25, -0.2) is 0 Å². The molecule has 1 saturated heterocycles. The van der Waals surface area contributed by atoms with Gasteiger partial charge in [-0.2, -0.15) is 0 Å². The Balaban J connectivity index is 1.66. The Morgan fingerprint density at radius 1 is 1.11 bits per heavy atom. The summed E-state index contributed by atoms with van der Waals surface area (Å²) in [4.78, 5) is 2.72. The number of piperidine rings is 1. The predicted molar refractivity (Wildman–Crippen MR) is 71.4 cm³/mol. The van der Waals surface area contributed by atoms with Crippen molar-refractivity contribution in [3.05, 3.63) is 12.2 Å². The third-order valence-corrected chi connectivity index (χ3v) is 4.66. The lowest BCUT2D eigenvalue weighted by molar-refractivity contribution is 0.116. The highest BCUT2D eigenvalue weighted by Crippen LogP contribution is 2.30. The molecule has 2 heterocycles. The van der Waals surface area contributed by atoms with Crippen molar-refractivity contribution in [1.82, 2.24) is 19.7 Å². The standard InChI is InChI=1S/C14H24N4/c1-17-11-15-16-14(17)12-6-5-9-18(10-12)13-7-3-2-4-8-13/h11-13H,2-10H2,1H3/t12-/m0/s1. The van der Waals surface area contributed by atoms with Gasteiger partial charge in [-0.05, 0) is 32.2 Å². The quantitative estimate of drug-likeness (QED) is 0.805. The molecule has 100 valence electrons. The van der Waals surface area contributed by atoms with Crippen LogP contribution in [0.3, 0.4) is 0 Å². The van der Waals surface area contributed by atoms with E-state index >= 15 is 0 Å². The molecule has 4 nitrogen and oxygen atoms in total. The minimum absolute atomic E-state index is 0.591. The van der Waals surface area contributed by atoms with Crippen LogP contribution in [0.1, 0.15) is 56.7 Å². The molecule has 0 aromatic carbocycles. The van der Waals surface area contributed by atoms with Crippen molar-refractivity contribution in [2.45, 2.75) is 56.9 Å². The summed E-state index contributed by atoms with van der Waals surface area (Å²) >= 11 is 0. The highest BCUT2D eigenvalue weighted by molar-refractivity contribution is 5.00. The average molecular weight is 248 g/mol. The molecule has 0 bridgehead atoms. The highest BCUT2D eigenvalue weighted by atomic mass is 15.3. The van der Waals surface area contributed by atoms with E-state index in [1.807, 2.05) is 6.33 Å². The van der Waals surface area contributed by atoms with Crippen LogP contribution in [-0.4, -0.2) is 38.8 Å². The maximum absolute atomic E-state index is 4.31. The smallest absolute Gasteiger partial charge is 0.136 e. The summed E-state index contributed by atoms with van der Waals surface area (Å²) in [6.07, 6.45) is 11.5. The molecular weight excluding hydrogens is 224 g/mol. The highest BCUT2D eigenvalue weighted by Gasteiger charge is 2.29. The molecule has 1 aromatic heterocycles. The zero-order valence-corrected chi connectivity index (χ0v) is 11.4. The van der Waals surface area contributed by atoms with Crippen molar-refractivity contribution in [2.24, 2.45) is 7.05 Å². The number of hydrogen-bond acceptors (Lipinski definition) is 3. The molecule has 2 aliphatic rings. The minimum atomic E-state index is 0.591. The summed E-state index contributed by atoms with van der Waals surface area (Å²) in [6, 6.07) is 0.842. The molecule has 0 spiro atoms. The van der Waals surface area contributed by atoms with Gasteiger partial charge in [0.05, 0.1) is 0 Å². The average Bonchev–Trinajstić information content (AvgIpc) is 2.86. The van der Waals surface area contributed by atoms with Gasteiger partial charge in [0.25, 0.3) is 0 Å². The van der Waals surface area contributed by atoms with Crippen LogP contribution >= 0.6 is 0 Å². The molecule has 3 rings (SSSR count). The lowest BCUT2D eigenvalue weighted by Crippen LogP contribution is -2.43. The monoisotopic (exact) mass is 248 g/mol. The van der Waals surface area contributed by atoms with Crippen LogP contribution in [0.4, 0.5) is 0 Å². The van der Waals surface area contributed by atoms with Gasteiger partial charge in [0.1, 0.15) is 12.2 Å². The number of rotatable bonds is 2. The molecule has 1 aromatic rings. The summed E-state index contributed by atoms with van der Waals surface area (Å²) in [5.41, 5.74) is 0. The van der Waals surface area contributed by atoms with E-state index in [1.165, 1.54) is 63.9 Å². The molecule has 0 radical (unpaired) electrons. The van der Waals surface area contributed by atoms with Crippen LogP contribution in [0.25, 0.3) is 0 Å². The van der Waals surface area contributed by atoms with Gasteiger partial charge < -0.3 is 4.57 Å². The molecule has 0 unspecified atom stereocenters. The van der Waals surface area contributed by atoms with Gasteiger partial charge in [0, 0.05) is 25.6 Å². The first kappa shape index (κ1) is 12.2. The zero-order chi connectivity index (χ0) is 12.4. The Kier molecular flexibility index (Phi) is 3.64. The van der Waals surface area contributed by atoms with Gasteiger partial charge >= 0.3 is 0 Å². The molecule has 0 N–H and O–H groups in total. The van der Waals surface area contributed by atoms with Crippen molar-refractivity contribution >= 4 is 0 Å². The van der Waals surface area contributed by atoms with Crippen LogP contribution in [0.5, 0.6) is 0 Å².